The number of benzene rings is 2. The van der Waals surface area contributed by atoms with Crippen molar-refractivity contribution in [1.29, 1.82) is 0 Å². The highest BCUT2D eigenvalue weighted by molar-refractivity contribution is 6.30. The van der Waals surface area contributed by atoms with E-state index < -0.39 is 0 Å². The third kappa shape index (κ3) is 4.03. The molecule has 1 aromatic heterocycles. The number of hydrogen-bond donors (Lipinski definition) is 1. The molecule has 3 aromatic rings. The molecule has 148 valence electrons. The minimum absolute atomic E-state index is 0.0453. The standard InChI is InChI=1S/C22H21ClN4O2/c1-15-6-4-9-19(22(29)26-10-2-3-11-26)20(15)25-21(28)16-13-24-27(14-16)18-8-5-7-17(23)12-18/h4-9,12-14H,2-3,10-11H2,1H3,(H,25,28). The molecule has 1 N–H and O–H groups in total. The molecular weight excluding hydrogens is 388 g/mol. The fourth-order valence-electron chi connectivity index (χ4n) is 3.49. The summed E-state index contributed by atoms with van der Waals surface area (Å²) in [7, 11) is 0. The van der Waals surface area contributed by atoms with Crippen LogP contribution in [0.2, 0.25) is 5.02 Å². The summed E-state index contributed by atoms with van der Waals surface area (Å²) in [5, 5.41) is 7.76. The van der Waals surface area contributed by atoms with E-state index in [1.54, 1.807) is 29.1 Å². The van der Waals surface area contributed by atoms with E-state index in [1.165, 1.54) is 6.20 Å². The zero-order valence-electron chi connectivity index (χ0n) is 16.1. The number of nitrogens with zero attached hydrogens (tertiary/aromatic N) is 3. The number of anilines is 1. The van der Waals surface area contributed by atoms with Crippen molar-refractivity contribution in [3.63, 3.8) is 0 Å². The molecule has 2 heterocycles. The lowest BCUT2D eigenvalue weighted by atomic mass is 10.1. The summed E-state index contributed by atoms with van der Waals surface area (Å²) in [4.78, 5) is 27.6. The number of nitrogens with one attached hydrogen (secondary N) is 1. The van der Waals surface area contributed by atoms with Crippen LogP contribution < -0.4 is 5.32 Å². The molecule has 7 heteroatoms. The van der Waals surface area contributed by atoms with Crippen molar-refractivity contribution in [2.75, 3.05) is 18.4 Å². The van der Waals surface area contributed by atoms with E-state index in [0.29, 0.717) is 21.8 Å². The first-order valence-electron chi connectivity index (χ1n) is 9.54. The van der Waals surface area contributed by atoms with E-state index in [2.05, 4.69) is 10.4 Å². The Balaban J connectivity index is 1.58. The van der Waals surface area contributed by atoms with E-state index in [0.717, 1.165) is 37.2 Å². The highest BCUT2D eigenvalue weighted by atomic mass is 35.5. The van der Waals surface area contributed by atoms with Gasteiger partial charge in [-0.3, -0.25) is 9.59 Å². The second-order valence-corrected chi connectivity index (χ2v) is 7.54. The second kappa shape index (κ2) is 8.09. The molecule has 1 saturated heterocycles. The number of amides is 2. The van der Waals surface area contributed by atoms with Crippen molar-refractivity contribution in [3.8, 4) is 5.69 Å². The molecule has 2 aromatic carbocycles. The molecule has 0 radical (unpaired) electrons. The van der Waals surface area contributed by atoms with Crippen LogP contribution in [0.5, 0.6) is 0 Å². The number of aromatic nitrogens is 2. The molecule has 2 amide bonds. The number of carbonyl (C=O) groups is 2. The van der Waals surface area contributed by atoms with Gasteiger partial charge in [-0.05, 0) is 49.6 Å². The Bertz CT molecular complexity index is 1070. The molecule has 0 aliphatic carbocycles. The highest BCUT2D eigenvalue weighted by Crippen LogP contribution is 2.25. The molecule has 1 aliphatic heterocycles. The molecule has 29 heavy (non-hydrogen) atoms. The van der Waals surface area contributed by atoms with Crippen LogP contribution in [0.1, 0.15) is 39.1 Å². The monoisotopic (exact) mass is 408 g/mol. The first-order chi connectivity index (χ1) is 14.0. The van der Waals surface area contributed by atoms with Crippen molar-refractivity contribution in [2.24, 2.45) is 0 Å². The van der Waals surface area contributed by atoms with Crippen LogP contribution in [0.15, 0.2) is 54.9 Å². The van der Waals surface area contributed by atoms with Crippen molar-refractivity contribution in [1.82, 2.24) is 14.7 Å². The summed E-state index contributed by atoms with van der Waals surface area (Å²) in [6, 6.07) is 12.7. The van der Waals surface area contributed by atoms with Crippen molar-refractivity contribution in [3.05, 3.63) is 76.6 Å². The molecule has 0 unspecified atom stereocenters. The number of para-hydroxylation sites is 1. The second-order valence-electron chi connectivity index (χ2n) is 7.10. The lowest BCUT2D eigenvalue weighted by Gasteiger charge is -2.19. The molecular formula is C22H21ClN4O2. The van der Waals surface area contributed by atoms with Gasteiger partial charge in [0.2, 0.25) is 0 Å². The van der Waals surface area contributed by atoms with E-state index in [4.69, 9.17) is 11.6 Å². The minimum Gasteiger partial charge on any atom is -0.339 e. The van der Waals surface area contributed by atoms with Gasteiger partial charge < -0.3 is 10.2 Å². The third-order valence-corrected chi connectivity index (χ3v) is 5.29. The number of aryl methyl sites for hydroxylation is 1. The normalized spacial score (nSPS) is 13.5. The summed E-state index contributed by atoms with van der Waals surface area (Å²) < 4.78 is 1.59. The van der Waals surface area contributed by atoms with Crippen molar-refractivity contribution < 1.29 is 9.59 Å². The molecule has 0 spiro atoms. The lowest BCUT2D eigenvalue weighted by Crippen LogP contribution is -2.29. The van der Waals surface area contributed by atoms with Gasteiger partial charge in [0.25, 0.3) is 11.8 Å². The van der Waals surface area contributed by atoms with Crippen LogP contribution in [0.3, 0.4) is 0 Å². The van der Waals surface area contributed by atoms with Crippen LogP contribution in [-0.2, 0) is 0 Å². The van der Waals surface area contributed by atoms with Crippen LogP contribution in [0, 0.1) is 6.92 Å². The minimum atomic E-state index is -0.317. The predicted octanol–water partition coefficient (Wildman–Crippen LogP) is 4.32. The van der Waals surface area contributed by atoms with E-state index >= 15 is 0 Å². The summed E-state index contributed by atoms with van der Waals surface area (Å²) in [5.74, 6) is -0.362. The average molecular weight is 409 g/mol. The van der Waals surface area contributed by atoms with Gasteiger partial charge in [0.05, 0.1) is 28.7 Å². The smallest absolute Gasteiger partial charge is 0.258 e. The van der Waals surface area contributed by atoms with Crippen LogP contribution in [0.25, 0.3) is 5.69 Å². The first-order valence-corrected chi connectivity index (χ1v) is 9.91. The SMILES string of the molecule is Cc1cccc(C(=O)N2CCCC2)c1NC(=O)c1cnn(-c2cccc(Cl)c2)c1. The number of likely N-dealkylation sites (tertiary alicyclic amines) is 1. The number of rotatable bonds is 4. The number of carbonyl (C=O) groups excluding carboxylic acids is 2. The number of halogens is 1. The Labute approximate surface area is 174 Å². The predicted molar refractivity (Wildman–Crippen MR) is 113 cm³/mol. The zero-order chi connectivity index (χ0) is 20.4. The summed E-state index contributed by atoms with van der Waals surface area (Å²) in [5.41, 5.74) is 3.06. The van der Waals surface area contributed by atoms with Gasteiger partial charge in [0, 0.05) is 24.3 Å². The molecule has 0 saturated carbocycles. The fraction of sp³-hybridized carbons (Fsp3) is 0.227. The van der Waals surface area contributed by atoms with Gasteiger partial charge in [0.15, 0.2) is 0 Å². The molecule has 4 rings (SSSR count). The maximum Gasteiger partial charge on any atom is 0.258 e. The quantitative estimate of drug-likeness (QED) is 0.699. The van der Waals surface area contributed by atoms with Crippen molar-refractivity contribution in [2.45, 2.75) is 19.8 Å². The van der Waals surface area contributed by atoms with E-state index in [-0.39, 0.29) is 11.8 Å². The van der Waals surface area contributed by atoms with Gasteiger partial charge in [0.1, 0.15) is 0 Å². The maximum atomic E-state index is 12.9. The van der Waals surface area contributed by atoms with E-state index in [9.17, 15) is 9.59 Å². The first kappa shape index (κ1) is 19.2. The Morgan fingerprint density at radius 1 is 1.10 bits per heavy atom. The molecule has 0 atom stereocenters. The van der Waals surface area contributed by atoms with Crippen LogP contribution in [0.4, 0.5) is 5.69 Å². The average Bonchev–Trinajstić information content (AvgIpc) is 3.41. The molecule has 6 nitrogen and oxygen atoms in total. The van der Waals surface area contributed by atoms with Gasteiger partial charge in [-0.1, -0.05) is 29.8 Å². The summed E-state index contributed by atoms with van der Waals surface area (Å²) in [6.07, 6.45) is 5.17. The summed E-state index contributed by atoms with van der Waals surface area (Å²) >= 11 is 6.03. The van der Waals surface area contributed by atoms with Gasteiger partial charge in [-0.2, -0.15) is 5.10 Å². The maximum absolute atomic E-state index is 12.9. The zero-order valence-corrected chi connectivity index (χ0v) is 16.8. The molecule has 0 bridgehead atoms. The fourth-order valence-corrected chi connectivity index (χ4v) is 3.67. The van der Waals surface area contributed by atoms with Gasteiger partial charge in [-0.15, -0.1) is 0 Å². The molecule has 1 fully saturated rings. The third-order valence-electron chi connectivity index (χ3n) is 5.05. The Morgan fingerprint density at radius 3 is 2.62 bits per heavy atom. The Hall–Kier alpha value is -3.12. The van der Waals surface area contributed by atoms with Crippen molar-refractivity contribution >= 4 is 29.1 Å². The van der Waals surface area contributed by atoms with Gasteiger partial charge in [-0.25, -0.2) is 4.68 Å². The van der Waals surface area contributed by atoms with Crippen LogP contribution >= 0.6 is 11.6 Å². The highest BCUT2D eigenvalue weighted by Gasteiger charge is 2.23. The Kier molecular flexibility index (Phi) is 5.36. The summed E-state index contributed by atoms with van der Waals surface area (Å²) in [6.45, 7) is 3.39. The van der Waals surface area contributed by atoms with Crippen LogP contribution in [-0.4, -0.2) is 39.6 Å². The largest absolute Gasteiger partial charge is 0.339 e. The number of hydrogen-bond acceptors (Lipinski definition) is 3. The van der Waals surface area contributed by atoms with Gasteiger partial charge >= 0.3 is 0 Å². The van der Waals surface area contributed by atoms with E-state index in [1.807, 2.05) is 36.1 Å². The molecule has 1 aliphatic rings. The Morgan fingerprint density at radius 2 is 1.86 bits per heavy atom. The lowest BCUT2D eigenvalue weighted by molar-refractivity contribution is 0.0794. The topological polar surface area (TPSA) is 67.2 Å².